The zero-order valence-corrected chi connectivity index (χ0v) is 11.5. The van der Waals surface area contributed by atoms with Crippen LogP contribution in [0.2, 0.25) is 0 Å². The van der Waals surface area contributed by atoms with Crippen LogP contribution in [-0.2, 0) is 4.79 Å². The third-order valence-electron chi connectivity index (χ3n) is 3.93. The summed E-state index contributed by atoms with van der Waals surface area (Å²) in [6.45, 7) is 2.19. The largest absolute Gasteiger partial charge is 0.343 e. The third kappa shape index (κ3) is 5.07. The number of amides is 1. The minimum atomic E-state index is 0.321. The van der Waals surface area contributed by atoms with Gasteiger partial charge in [0.15, 0.2) is 0 Å². The molecule has 0 aromatic heterocycles. The van der Waals surface area contributed by atoms with E-state index in [-0.39, 0.29) is 0 Å². The van der Waals surface area contributed by atoms with E-state index < -0.39 is 0 Å². The minimum Gasteiger partial charge on any atom is -0.343 e. The maximum absolute atomic E-state index is 12.0. The highest BCUT2D eigenvalue weighted by atomic mass is 16.2. The summed E-state index contributed by atoms with van der Waals surface area (Å²) >= 11 is 0. The van der Waals surface area contributed by atoms with E-state index >= 15 is 0 Å². The Morgan fingerprint density at radius 3 is 2.41 bits per heavy atom. The Hall–Kier alpha value is -0.570. The molecule has 0 saturated heterocycles. The second-order valence-electron chi connectivity index (χ2n) is 5.38. The van der Waals surface area contributed by atoms with E-state index in [0.29, 0.717) is 18.0 Å². The zero-order chi connectivity index (χ0) is 12.7. The van der Waals surface area contributed by atoms with Crippen molar-refractivity contribution < 1.29 is 4.79 Å². The fraction of sp³-hybridized carbons (Fsp3) is 0.929. The first-order valence-electron chi connectivity index (χ1n) is 7.16. The Morgan fingerprint density at radius 2 is 1.82 bits per heavy atom. The molecule has 17 heavy (non-hydrogen) atoms. The van der Waals surface area contributed by atoms with Crippen LogP contribution in [0.5, 0.6) is 0 Å². The fourth-order valence-electron chi connectivity index (χ4n) is 2.57. The summed E-state index contributed by atoms with van der Waals surface area (Å²) in [4.78, 5) is 14.0. The molecule has 0 aromatic carbocycles. The van der Waals surface area contributed by atoms with Gasteiger partial charge in [-0.2, -0.15) is 0 Å². The van der Waals surface area contributed by atoms with Gasteiger partial charge < -0.3 is 10.6 Å². The number of hydrogen-bond donors (Lipinski definition) is 1. The lowest BCUT2D eigenvalue weighted by atomic mass is 9.91. The Kier molecular flexibility index (Phi) is 6.56. The molecule has 1 amide bonds. The van der Waals surface area contributed by atoms with E-state index in [0.717, 1.165) is 38.5 Å². The Balaban J connectivity index is 2.21. The summed E-state index contributed by atoms with van der Waals surface area (Å²) in [6, 6.07) is 0.799. The molecular formula is C14H28N2O. The summed E-state index contributed by atoms with van der Waals surface area (Å²) < 4.78 is 0. The van der Waals surface area contributed by atoms with Crippen molar-refractivity contribution >= 4 is 5.91 Å². The zero-order valence-electron chi connectivity index (χ0n) is 11.5. The molecule has 1 aliphatic carbocycles. The minimum absolute atomic E-state index is 0.321. The number of carbonyl (C=O) groups is 1. The smallest absolute Gasteiger partial charge is 0.222 e. The first kappa shape index (κ1) is 14.5. The number of nitrogens with zero attached hydrogens (tertiary/aromatic N) is 1. The van der Waals surface area contributed by atoms with Crippen LogP contribution in [0, 0.1) is 0 Å². The monoisotopic (exact) mass is 240 g/mol. The lowest BCUT2D eigenvalue weighted by molar-refractivity contribution is -0.132. The number of unbranched alkanes of at least 4 members (excludes halogenated alkanes) is 3. The van der Waals surface area contributed by atoms with Gasteiger partial charge in [-0.15, -0.1) is 0 Å². The maximum Gasteiger partial charge on any atom is 0.222 e. The third-order valence-corrected chi connectivity index (χ3v) is 3.93. The molecule has 100 valence electrons. The quantitative estimate of drug-likeness (QED) is 0.726. The van der Waals surface area contributed by atoms with Crippen LogP contribution in [0.3, 0.4) is 0 Å². The van der Waals surface area contributed by atoms with Crippen LogP contribution in [-0.4, -0.2) is 29.9 Å². The molecule has 0 unspecified atom stereocenters. The molecule has 0 spiro atoms. The highest BCUT2D eigenvalue weighted by Gasteiger charge is 2.24. The average molecular weight is 240 g/mol. The number of carbonyl (C=O) groups excluding carboxylic acids is 1. The van der Waals surface area contributed by atoms with E-state index in [1.54, 1.807) is 0 Å². The van der Waals surface area contributed by atoms with Crippen LogP contribution < -0.4 is 5.73 Å². The van der Waals surface area contributed by atoms with Gasteiger partial charge in [0.2, 0.25) is 5.91 Å². The second kappa shape index (κ2) is 7.70. The van der Waals surface area contributed by atoms with E-state index in [9.17, 15) is 4.79 Å². The van der Waals surface area contributed by atoms with Crippen molar-refractivity contribution in [1.82, 2.24) is 4.90 Å². The average Bonchev–Trinajstić information content (AvgIpc) is 2.34. The van der Waals surface area contributed by atoms with Crippen LogP contribution in [0.15, 0.2) is 0 Å². The summed E-state index contributed by atoms with van der Waals surface area (Å²) in [7, 11) is 1.96. The first-order chi connectivity index (χ1) is 8.15. The Labute approximate surface area is 106 Å². The predicted octanol–water partition coefficient (Wildman–Crippen LogP) is 2.69. The SMILES string of the molecule is CCCCCCC(=O)N(C)C1CCC(N)CC1. The van der Waals surface area contributed by atoms with Crippen molar-refractivity contribution in [1.29, 1.82) is 0 Å². The van der Waals surface area contributed by atoms with Gasteiger partial charge in [0.05, 0.1) is 0 Å². The normalized spacial score (nSPS) is 24.6. The molecule has 1 rings (SSSR count). The molecule has 0 bridgehead atoms. The molecule has 0 radical (unpaired) electrons. The molecular weight excluding hydrogens is 212 g/mol. The highest BCUT2D eigenvalue weighted by Crippen LogP contribution is 2.22. The van der Waals surface area contributed by atoms with Crippen molar-refractivity contribution in [2.75, 3.05) is 7.05 Å². The van der Waals surface area contributed by atoms with E-state index in [1.165, 1.54) is 19.3 Å². The molecule has 0 aromatic rings. The Morgan fingerprint density at radius 1 is 1.18 bits per heavy atom. The lowest BCUT2D eigenvalue weighted by Gasteiger charge is -2.33. The van der Waals surface area contributed by atoms with E-state index in [2.05, 4.69) is 6.92 Å². The van der Waals surface area contributed by atoms with Crippen molar-refractivity contribution in [3.8, 4) is 0 Å². The van der Waals surface area contributed by atoms with Gasteiger partial charge in [0, 0.05) is 25.6 Å². The summed E-state index contributed by atoms with van der Waals surface area (Å²) in [5.41, 5.74) is 5.88. The molecule has 1 saturated carbocycles. The number of hydrogen-bond acceptors (Lipinski definition) is 2. The first-order valence-corrected chi connectivity index (χ1v) is 7.16. The van der Waals surface area contributed by atoms with Gasteiger partial charge in [-0.05, 0) is 32.1 Å². The molecule has 1 aliphatic rings. The van der Waals surface area contributed by atoms with E-state index in [4.69, 9.17) is 5.73 Å². The van der Waals surface area contributed by atoms with Crippen LogP contribution in [0.1, 0.15) is 64.7 Å². The summed E-state index contributed by atoms with van der Waals surface area (Å²) in [5.74, 6) is 0.321. The van der Waals surface area contributed by atoms with Crippen LogP contribution in [0.25, 0.3) is 0 Å². The fourth-order valence-corrected chi connectivity index (χ4v) is 2.57. The van der Waals surface area contributed by atoms with Gasteiger partial charge in [0.1, 0.15) is 0 Å². The van der Waals surface area contributed by atoms with Crippen LogP contribution in [0.4, 0.5) is 0 Å². The predicted molar refractivity (Wildman–Crippen MR) is 71.8 cm³/mol. The van der Waals surface area contributed by atoms with Gasteiger partial charge in [0.25, 0.3) is 0 Å². The Bertz CT molecular complexity index is 222. The van der Waals surface area contributed by atoms with Gasteiger partial charge in [-0.3, -0.25) is 4.79 Å². The molecule has 3 nitrogen and oxygen atoms in total. The van der Waals surface area contributed by atoms with Gasteiger partial charge in [-0.25, -0.2) is 0 Å². The molecule has 0 heterocycles. The van der Waals surface area contributed by atoms with E-state index in [1.807, 2.05) is 11.9 Å². The molecule has 2 N–H and O–H groups in total. The standard InChI is InChI=1S/C14H28N2O/c1-3-4-5-6-7-14(17)16(2)13-10-8-12(15)9-11-13/h12-13H,3-11,15H2,1-2H3. The van der Waals surface area contributed by atoms with Crippen molar-refractivity contribution in [2.45, 2.75) is 76.8 Å². The molecule has 0 aliphatic heterocycles. The summed E-state index contributed by atoms with van der Waals surface area (Å²) in [5, 5.41) is 0. The van der Waals surface area contributed by atoms with Gasteiger partial charge in [-0.1, -0.05) is 26.2 Å². The maximum atomic E-state index is 12.0. The molecule has 3 heteroatoms. The second-order valence-corrected chi connectivity index (χ2v) is 5.38. The van der Waals surface area contributed by atoms with Gasteiger partial charge >= 0.3 is 0 Å². The van der Waals surface area contributed by atoms with Crippen molar-refractivity contribution in [2.24, 2.45) is 5.73 Å². The lowest BCUT2D eigenvalue weighted by Crippen LogP contribution is -2.41. The number of rotatable bonds is 6. The number of nitrogens with two attached hydrogens (primary N) is 1. The summed E-state index contributed by atoms with van der Waals surface area (Å²) in [6.07, 6.45) is 9.72. The highest BCUT2D eigenvalue weighted by molar-refractivity contribution is 5.76. The molecule has 1 fully saturated rings. The van der Waals surface area contributed by atoms with Crippen LogP contribution >= 0.6 is 0 Å². The molecule has 0 atom stereocenters. The topological polar surface area (TPSA) is 46.3 Å². The van der Waals surface area contributed by atoms with Crippen molar-refractivity contribution in [3.05, 3.63) is 0 Å². The van der Waals surface area contributed by atoms with Crippen molar-refractivity contribution in [3.63, 3.8) is 0 Å².